The molecule has 2 heterocycles. The lowest BCUT2D eigenvalue weighted by Crippen LogP contribution is -1.92. The second kappa shape index (κ2) is 11.2. The fourth-order valence-corrected chi connectivity index (χ4v) is 9.11. The summed E-state index contributed by atoms with van der Waals surface area (Å²) < 4.78 is 13.1. The van der Waals surface area contributed by atoms with Gasteiger partial charge in [0.1, 0.15) is 11.2 Å². The van der Waals surface area contributed by atoms with Gasteiger partial charge in [0.05, 0.1) is 0 Å². The molecule has 12 rings (SSSR count). The summed E-state index contributed by atoms with van der Waals surface area (Å²) in [7, 11) is 0. The van der Waals surface area contributed by atoms with Gasteiger partial charge in [-0.05, 0) is 107 Å². The molecule has 0 aliphatic carbocycles. The normalized spacial score (nSPS) is 12.1. The fourth-order valence-electron chi connectivity index (χ4n) is 9.11. The number of hydrogen-bond donors (Lipinski definition) is 0. The first-order valence-electron chi connectivity index (χ1n) is 18.5. The smallest absolute Gasteiger partial charge is 0.178 e. The van der Waals surface area contributed by atoms with Crippen LogP contribution < -0.4 is 0 Å². The van der Waals surface area contributed by atoms with E-state index < -0.39 is 0 Å². The molecule has 0 amide bonds. The van der Waals surface area contributed by atoms with Crippen molar-refractivity contribution >= 4 is 87.0 Å². The molecular formula is C52H30O2. The van der Waals surface area contributed by atoms with E-state index in [4.69, 9.17) is 8.83 Å². The zero-order chi connectivity index (χ0) is 35.3. The van der Waals surface area contributed by atoms with Gasteiger partial charge in [0.15, 0.2) is 11.2 Å². The summed E-state index contributed by atoms with van der Waals surface area (Å²) in [6.07, 6.45) is 0. The summed E-state index contributed by atoms with van der Waals surface area (Å²) in [5.41, 5.74) is 10.7. The predicted molar refractivity (Wildman–Crippen MR) is 227 cm³/mol. The van der Waals surface area contributed by atoms with Crippen molar-refractivity contribution in [2.75, 3.05) is 0 Å². The maximum absolute atomic E-state index is 6.59. The average Bonchev–Trinajstić information content (AvgIpc) is 3.81. The van der Waals surface area contributed by atoms with Crippen molar-refractivity contribution < 1.29 is 8.83 Å². The van der Waals surface area contributed by atoms with Gasteiger partial charge in [0.25, 0.3) is 0 Å². The van der Waals surface area contributed by atoms with E-state index in [2.05, 4.69) is 182 Å². The molecule has 250 valence electrons. The van der Waals surface area contributed by atoms with Crippen LogP contribution in [0.1, 0.15) is 0 Å². The number of benzene rings is 10. The summed E-state index contributed by atoms with van der Waals surface area (Å²) in [6, 6.07) is 65.7. The Morgan fingerprint density at radius 2 is 0.815 bits per heavy atom. The molecule has 54 heavy (non-hydrogen) atoms. The van der Waals surface area contributed by atoms with Crippen molar-refractivity contribution in [1.82, 2.24) is 0 Å². The molecule has 2 nitrogen and oxygen atoms in total. The van der Waals surface area contributed by atoms with E-state index in [-0.39, 0.29) is 0 Å². The zero-order valence-corrected chi connectivity index (χ0v) is 29.1. The molecule has 0 bridgehead atoms. The number of rotatable bonds is 3. The second-order valence-electron chi connectivity index (χ2n) is 14.3. The Bertz CT molecular complexity index is 3430. The van der Waals surface area contributed by atoms with Gasteiger partial charge < -0.3 is 8.83 Å². The van der Waals surface area contributed by atoms with E-state index in [1.54, 1.807) is 0 Å². The molecule has 2 aromatic heterocycles. The summed E-state index contributed by atoms with van der Waals surface area (Å²) in [5.74, 6) is 0. The first kappa shape index (κ1) is 29.4. The van der Waals surface area contributed by atoms with Gasteiger partial charge >= 0.3 is 0 Å². The standard InChI is InChI=1S/C52H30O2/c1-2-13-32(14-3-1)48-38-18-8-10-20-40(38)49(41-21-11-9-19-39(41)48)42-25-24-34(36-16-6-7-17-37(36)42)33-23-28-46-45(30-33)43-26-27-44-50-35-15-5-4-12-31(35)22-29-47(50)54-52(44)51(43)53-46/h1-30H. The lowest BCUT2D eigenvalue weighted by molar-refractivity contribution is 0.633. The zero-order valence-electron chi connectivity index (χ0n) is 29.1. The van der Waals surface area contributed by atoms with Crippen LogP contribution in [0.2, 0.25) is 0 Å². The van der Waals surface area contributed by atoms with Crippen molar-refractivity contribution in [3.63, 3.8) is 0 Å². The highest BCUT2D eigenvalue weighted by Gasteiger charge is 2.21. The largest absolute Gasteiger partial charge is 0.452 e. The SMILES string of the molecule is c1ccc(-c2c3ccccc3c(-c3ccc(-c4ccc5oc6c(ccc7c6oc6ccc8ccccc8c67)c5c4)c4ccccc34)c3ccccc23)cc1. The molecule has 0 saturated heterocycles. The summed E-state index contributed by atoms with van der Waals surface area (Å²) >= 11 is 0. The number of hydrogen-bond acceptors (Lipinski definition) is 2. The minimum absolute atomic E-state index is 0.790. The Balaban J connectivity index is 1.07. The molecule has 0 saturated carbocycles. The van der Waals surface area contributed by atoms with Crippen LogP contribution in [0.4, 0.5) is 0 Å². The van der Waals surface area contributed by atoms with E-state index in [1.165, 1.54) is 70.9 Å². The van der Waals surface area contributed by atoms with E-state index in [0.717, 1.165) is 49.4 Å². The van der Waals surface area contributed by atoms with Crippen molar-refractivity contribution in [2.24, 2.45) is 0 Å². The highest BCUT2D eigenvalue weighted by Crippen LogP contribution is 2.47. The van der Waals surface area contributed by atoms with Gasteiger partial charge in [-0.1, -0.05) is 152 Å². The van der Waals surface area contributed by atoms with E-state index >= 15 is 0 Å². The molecule has 2 heteroatoms. The van der Waals surface area contributed by atoms with Crippen LogP contribution in [0.25, 0.3) is 120 Å². The Kier molecular flexibility index (Phi) is 6.09. The molecule has 12 aromatic rings. The first-order chi connectivity index (χ1) is 26.8. The maximum atomic E-state index is 6.59. The van der Waals surface area contributed by atoms with E-state index in [1.807, 2.05) is 0 Å². The Hall–Kier alpha value is -7.16. The Morgan fingerprint density at radius 1 is 0.278 bits per heavy atom. The van der Waals surface area contributed by atoms with Crippen molar-refractivity contribution in [1.29, 1.82) is 0 Å². The van der Waals surface area contributed by atoms with Crippen molar-refractivity contribution in [3.05, 3.63) is 182 Å². The second-order valence-corrected chi connectivity index (χ2v) is 14.3. The molecule has 0 unspecified atom stereocenters. The van der Waals surface area contributed by atoms with Crippen LogP contribution in [0.15, 0.2) is 191 Å². The van der Waals surface area contributed by atoms with Gasteiger partial charge in [0, 0.05) is 21.5 Å². The minimum Gasteiger partial charge on any atom is -0.452 e. The summed E-state index contributed by atoms with van der Waals surface area (Å²) in [6.45, 7) is 0. The number of furan rings is 2. The van der Waals surface area contributed by atoms with Gasteiger partial charge in [-0.2, -0.15) is 0 Å². The third kappa shape index (κ3) is 4.11. The molecule has 0 atom stereocenters. The summed E-state index contributed by atoms with van der Waals surface area (Å²) in [4.78, 5) is 0. The fraction of sp³-hybridized carbons (Fsp3) is 0. The molecule has 0 spiro atoms. The Labute approximate surface area is 310 Å². The minimum atomic E-state index is 0.790. The lowest BCUT2D eigenvalue weighted by Gasteiger charge is -2.19. The highest BCUT2D eigenvalue weighted by atomic mass is 16.4. The summed E-state index contributed by atoms with van der Waals surface area (Å²) in [5, 5.41) is 14.2. The van der Waals surface area contributed by atoms with Crippen LogP contribution in [0, 0.1) is 0 Å². The van der Waals surface area contributed by atoms with Gasteiger partial charge in [0.2, 0.25) is 0 Å². The Morgan fingerprint density at radius 3 is 1.56 bits per heavy atom. The van der Waals surface area contributed by atoms with Crippen LogP contribution in [0.3, 0.4) is 0 Å². The predicted octanol–water partition coefficient (Wildman–Crippen LogP) is 15.1. The molecule has 0 fully saturated rings. The topological polar surface area (TPSA) is 26.3 Å². The monoisotopic (exact) mass is 686 g/mol. The van der Waals surface area contributed by atoms with Crippen LogP contribution in [0.5, 0.6) is 0 Å². The van der Waals surface area contributed by atoms with Gasteiger partial charge in [-0.25, -0.2) is 0 Å². The quantitative estimate of drug-likeness (QED) is 0.173. The highest BCUT2D eigenvalue weighted by molar-refractivity contribution is 6.26. The molecule has 0 aliphatic heterocycles. The first-order valence-corrected chi connectivity index (χ1v) is 18.5. The molecule has 0 aliphatic rings. The third-order valence-electron chi connectivity index (χ3n) is 11.5. The van der Waals surface area contributed by atoms with Gasteiger partial charge in [-0.15, -0.1) is 0 Å². The molecule has 0 N–H and O–H groups in total. The number of fused-ring (bicyclic) bond motifs is 12. The van der Waals surface area contributed by atoms with E-state index in [9.17, 15) is 0 Å². The van der Waals surface area contributed by atoms with Crippen molar-refractivity contribution in [2.45, 2.75) is 0 Å². The van der Waals surface area contributed by atoms with Crippen molar-refractivity contribution in [3.8, 4) is 33.4 Å². The van der Waals surface area contributed by atoms with Gasteiger partial charge in [-0.3, -0.25) is 0 Å². The van der Waals surface area contributed by atoms with E-state index in [0.29, 0.717) is 0 Å². The third-order valence-corrected chi connectivity index (χ3v) is 11.5. The molecule has 10 aromatic carbocycles. The molecule has 0 radical (unpaired) electrons. The maximum Gasteiger partial charge on any atom is 0.178 e. The van der Waals surface area contributed by atoms with Crippen LogP contribution in [-0.2, 0) is 0 Å². The van der Waals surface area contributed by atoms with Crippen LogP contribution >= 0.6 is 0 Å². The molecular weight excluding hydrogens is 657 g/mol. The average molecular weight is 687 g/mol. The van der Waals surface area contributed by atoms with Crippen LogP contribution in [-0.4, -0.2) is 0 Å². The lowest BCUT2D eigenvalue weighted by atomic mass is 9.84.